The molecule has 4 rings (SSSR count). The zero-order valence-corrected chi connectivity index (χ0v) is 17.9. The number of rotatable bonds is 8. The summed E-state index contributed by atoms with van der Waals surface area (Å²) in [4.78, 5) is 24.3. The minimum Gasteiger partial charge on any atom is -0.354 e. The fourth-order valence-corrected chi connectivity index (χ4v) is 3.46. The maximum Gasteiger partial charge on any atom is 0.258 e. The molecule has 1 aromatic heterocycles. The topological polar surface area (TPSA) is 58.1 Å². The molecule has 0 aliphatic heterocycles. The molecule has 0 radical (unpaired) electrons. The van der Waals surface area contributed by atoms with Crippen molar-refractivity contribution in [2.75, 3.05) is 11.9 Å². The van der Waals surface area contributed by atoms with Crippen molar-refractivity contribution < 1.29 is 10.6 Å². The van der Waals surface area contributed by atoms with Crippen LogP contribution in [0.5, 0.6) is 0 Å². The second-order valence-electron chi connectivity index (χ2n) is 8.27. The van der Waals surface area contributed by atoms with Gasteiger partial charge in [-0.3, -0.25) is 4.79 Å². The van der Waals surface area contributed by atoms with Gasteiger partial charge in [0, 0.05) is 32.3 Å². The normalized spacial score (nSPS) is 13.3. The molecule has 1 aliphatic rings. The first-order chi connectivity index (χ1) is 15.0. The van der Waals surface area contributed by atoms with E-state index in [4.69, 9.17) is 0 Å². The standard InChI is InChI=1S/C25H27FN4O.H2/c1-17(2)30(16-19-8-4-3-5-9-19)24(31)21-15-28-25(27-14-18-12-13-18)29-23(21)20-10-6-7-11-22(20)26;/h3-11,15,17-18H,12-14,16H2,1-2H3,(H,27,28,29);1H. The molecule has 1 N–H and O–H groups in total. The average molecular weight is 421 g/mol. The van der Waals surface area contributed by atoms with E-state index in [1.165, 1.54) is 25.1 Å². The summed E-state index contributed by atoms with van der Waals surface area (Å²) < 4.78 is 14.7. The highest BCUT2D eigenvalue weighted by Crippen LogP contribution is 2.30. The van der Waals surface area contributed by atoms with E-state index in [0.717, 1.165) is 12.1 Å². The largest absolute Gasteiger partial charge is 0.354 e. The van der Waals surface area contributed by atoms with E-state index < -0.39 is 5.82 Å². The van der Waals surface area contributed by atoms with Crippen LogP contribution in [0.3, 0.4) is 0 Å². The Kier molecular flexibility index (Phi) is 6.26. The monoisotopic (exact) mass is 420 g/mol. The molecular formula is C25H29FN4O. The van der Waals surface area contributed by atoms with E-state index in [1.807, 2.05) is 44.2 Å². The first-order valence-electron chi connectivity index (χ1n) is 10.7. The molecule has 31 heavy (non-hydrogen) atoms. The fraction of sp³-hybridized carbons (Fsp3) is 0.320. The second-order valence-corrected chi connectivity index (χ2v) is 8.27. The van der Waals surface area contributed by atoms with Crippen LogP contribution in [0.1, 0.15) is 44.0 Å². The number of carbonyl (C=O) groups is 1. The van der Waals surface area contributed by atoms with Crippen LogP contribution in [0.4, 0.5) is 10.3 Å². The van der Waals surface area contributed by atoms with Crippen LogP contribution in [-0.2, 0) is 6.54 Å². The lowest BCUT2D eigenvalue weighted by Crippen LogP contribution is -2.37. The fourth-order valence-electron chi connectivity index (χ4n) is 3.46. The Hall–Kier alpha value is -3.28. The van der Waals surface area contributed by atoms with Crippen molar-refractivity contribution in [2.24, 2.45) is 5.92 Å². The van der Waals surface area contributed by atoms with Crippen molar-refractivity contribution in [1.82, 2.24) is 14.9 Å². The molecule has 1 amide bonds. The van der Waals surface area contributed by atoms with Gasteiger partial charge < -0.3 is 10.2 Å². The van der Waals surface area contributed by atoms with Crippen LogP contribution >= 0.6 is 0 Å². The van der Waals surface area contributed by atoms with Gasteiger partial charge in [-0.1, -0.05) is 42.5 Å². The van der Waals surface area contributed by atoms with E-state index in [1.54, 1.807) is 23.1 Å². The van der Waals surface area contributed by atoms with Gasteiger partial charge in [-0.25, -0.2) is 14.4 Å². The first kappa shape index (κ1) is 21.0. The third-order valence-electron chi connectivity index (χ3n) is 5.47. The molecule has 0 unspecified atom stereocenters. The van der Waals surface area contributed by atoms with E-state index in [9.17, 15) is 9.18 Å². The van der Waals surface area contributed by atoms with Crippen LogP contribution < -0.4 is 5.32 Å². The third kappa shape index (κ3) is 5.08. The molecule has 1 aliphatic carbocycles. The number of hydrogen-bond acceptors (Lipinski definition) is 4. The third-order valence-corrected chi connectivity index (χ3v) is 5.47. The summed E-state index contributed by atoms with van der Waals surface area (Å²) in [5.74, 6) is 0.429. The summed E-state index contributed by atoms with van der Waals surface area (Å²) in [6.07, 6.45) is 3.92. The lowest BCUT2D eigenvalue weighted by atomic mass is 10.0. The predicted molar refractivity (Wildman–Crippen MR) is 122 cm³/mol. The number of aromatic nitrogens is 2. The van der Waals surface area contributed by atoms with Crippen molar-refractivity contribution in [3.8, 4) is 11.3 Å². The Bertz CT molecular complexity index is 1060. The number of carbonyl (C=O) groups excluding carboxylic acids is 1. The molecule has 162 valence electrons. The number of halogens is 1. The van der Waals surface area contributed by atoms with Crippen LogP contribution in [-0.4, -0.2) is 33.4 Å². The van der Waals surface area contributed by atoms with Gasteiger partial charge in [0.05, 0.1) is 11.3 Å². The summed E-state index contributed by atoms with van der Waals surface area (Å²) in [6, 6.07) is 16.2. The molecule has 2 aromatic carbocycles. The number of hydrogen-bond donors (Lipinski definition) is 1. The van der Waals surface area contributed by atoms with Crippen LogP contribution in [0.2, 0.25) is 0 Å². The quantitative estimate of drug-likeness (QED) is 0.530. The zero-order chi connectivity index (χ0) is 21.8. The van der Waals surface area contributed by atoms with E-state index >= 15 is 0 Å². The maximum atomic E-state index is 14.7. The van der Waals surface area contributed by atoms with Crippen molar-refractivity contribution in [3.05, 3.63) is 77.7 Å². The molecule has 0 spiro atoms. The number of nitrogens with zero attached hydrogens (tertiary/aromatic N) is 3. The highest BCUT2D eigenvalue weighted by atomic mass is 19.1. The highest BCUT2D eigenvalue weighted by molar-refractivity contribution is 6.00. The van der Waals surface area contributed by atoms with Gasteiger partial charge in [0.25, 0.3) is 5.91 Å². The Morgan fingerprint density at radius 3 is 2.55 bits per heavy atom. The average Bonchev–Trinajstić information content (AvgIpc) is 3.61. The Balaban J connectivity index is 0.00000289. The highest BCUT2D eigenvalue weighted by Gasteiger charge is 2.26. The summed E-state index contributed by atoms with van der Waals surface area (Å²) >= 11 is 0. The molecule has 0 atom stereocenters. The zero-order valence-electron chi connectivity index (χ0n) is 17.9. The summed E-state index contributed by atoms with van der Waals surface area (Å²) in [5.41, 5.74) is 1.94. The van der Waals surface area contributed by atoms with Gasteiger partial charge in [0.2, 0.25) is 5.95 Å². The van der Waals surface area contributed by atoms with Crippen molar-refractivity contribution in [3.63, 3.8) is 0 Å². The minimum absolute atomic E-state index is 0. The van der Waals surface area contributed by atoms with Gasteiger partial charge in [-0.2, -0.15) is 0 Å². The molecule has 0 bridgehead atoms. The Labute approximate surface area is 183 Å². The van der Waals surface area contributed by atoms with Gasteiger partial charge >= 0.3 is 0 Å². The SMILES string of the molecule is CC(C)N(Cc1ccccc1)C(=O)c1cnc(NCC2CC2)nc1-c1ccccc1F.[HH]. The number of amides is 1. The molecule has 0 saturated heterocycles. The smallest absolute Gasteiger partial charge is 0.258 e. The van der Waals surface area contributed by atoms with Crippen LogP contribution in [0.15, 0.2) is 60.8 Å². The van der Waals surface area contributed by atoms with Crippen molar-refractivity contribution >= 4 is 11.9 Å². The van der Waals surface area contributed by atoms with Gasteiger partial charge in [-0.15, -0.1) is 0 Å². The molecule has 3 aromatic rings. The lowest BCUT2D eigenvalue weighted by molar-refractivity contribution is 0.0690. The molecule has 1 fully saturated rings. The lowest BCUT2D eigenvalue weighted by Gasteiger charge is -2.27. The van der Waals surface area contributed by atoms with Gasteiger partial charge in [-0.05, 0) is 50.3 Å². The van der Waals surface area contributed by atoms with Crippen LogP contribution in [0, 0.1) is 11.7 Å². The first-order valence-corrected chi connectivity index (χ1v) is 10.7. The Morgan fingerprint density at radius 2 is 1.87 bits per heavy atom. The summed E-state index contributed by atoms with van der Waals surface area (Å²) in [6.45, 7) is 5.18. The van der Waals surface area contributed by atoms with Crippen molar-refractivity contribution in [2.45, 2.75) is 39.3 Å². The van der Waals surface area contributed by atoms with E-state index in [2.05, 4.69) is 15.3 Å². The molecule has 6 heteroatoms. The van der Waals surface area contributed by atoms with Gasteiger partial charge in [0.15, 0.2) is 0 Å². The minimum atomic E-state index is -0.414. The molecular weight excluding hydrogens is 391 g/mol. The van der Waals surface area contributed by atoms with Crippen LogP contribution in [0.25, 0.3) is 11.3 Å². The molecule has 1 heterocycles. The van der Waals surface area contributed by atoms with Crippen molar-refractivity contribution in [1.29, 1.82) is 0 Å². The van der Waals surface area contributed by atoms with E-state index in [0.29, 0.717) is 35.2 Å². The Morgan fingerprint density at radius 1 is 1.16 bits per heavy atom. The van der Waals surface area contributed by atoms with E-state index in [-0.39, 0.29) is 13.4 Å². The second kappa shape index (κ2) is 9.25. The number of anilines is 1. The molecule has 1 saturated carbocycles. The molecule has 5 nitrogen and oxygen atoms in total. The maximum absolute atomic E-state index is 14.7. The predicted octanol–water partition coefficient (Wildman–Crippen LogP) is 5.40. The summed E-state index contributed by atoms with van der Waals surface area (Å²) in [5, 5.41) is 3.22. The summed E-state index contributed by atoms with van der Waals surface area (Å²) in [7, 11) is 0. The number of benzene rings is 2. The van der Waals surface area contributed by atoms with Gasteiger partial charge in [0.1, 0.15) is 5.82 Å². The number of nitrogens with one attached hydrogen (secondary N) is 1.